The largest absolute Gasteiger partial charge is 0.370 e. The molecule has 0 aliphatic rings. The summed E-state index contributed by atoms with van der Waals surface area (Å²) in [6.45, 7) is 5.73. The first-order chi connectivity index (χ1) is 11.0. The molecule has 124 valence electrons. The summed E-state index contributed by atoms with van der Waals surface area (Å²) in [7, 11) is -3.68. The Labute approximate surface area is 137 Å². The van der Waals surface area contributed by atoms with Crippen LogP contribution >= 0.6 is 0 Å². The standard InChI is InChI=1S/C18H22FNO2S/c1-3-13-20(14-4-2)17-7-5-6-8-18(17)23(21,22)16-11-9-15(19)10-12-16/h5-12H,3-4,13-14H2,1-2H3. The lowest BCUT2D eigenvalue weighted by Gasteiger charge is -2.26. The van der Waals surface area contributed by atoms with Crippen LogP contribution in [0.5, 0.6) is 0 Å². The molecular weight excluding hydrogens is 313 g/mol. The van der Waals surface area contributed by atoms with Crippen molar-refractivity contribution < 1.29 is 12.8 Å². The average Bonchev–Trinajstić information content (AvgIpc) is 2.55. The highest BCUT2D eigenvalue weighted by Gasteiger charge is 2.23. The summed E-state index contributed by atoms with van der Waals surface area (Å²) in [5.41, 5.74) is 0.709. The second-order valence-corrected chi connectivity index (χ2v) is 7.33. The van der Waals surface area contributed by atoms with E-state index in [4.69, 9.17) is 0 Å². The monoisotopic (exact) mass is 335 g/mol. The molecule has 5 heteroatoms. The molecule has 0 heterocycles. The zero-order chi connectivity index (χ0) is 16.9. The Morgan fingerprint density at radius 3 is 2.04 bits per heavy atom. The molecule has 0 saturated heterocycles. The summed E-state index contributed by atoms with van der Waals surface area (Å²) in [6.07, 6.45) is 1.87. The Balaban J connectivity index is 2.52. The van der Waals surface area contributed by atoms with Gasteiger partial charge in [-0.3, -0.25) is 0 Å². The molecule has 0 atom stereocenters. The molecular formula is C18H22FNO2S. The van der Waals surface area contributed by atoms with E-state index >= 15 is 0 Å². The predicted molar refractivity (Wildman–Crippen MR) is 91.1 cm³/mol. The molecule has 2 aromatic rings. The van der Waals surface area contributed by atoms with Gasteiger partial charge in [-0.15, -0.1) is 0 Å². The average molecular weight is 335 g/mol. The fraction of sp³-hybridized carbons (Fsp3) is 0.333. The third kappa shape index (κ3) is 3.91. The summed E-state index contributed by atoms with van der Waals surface area (Å²) in [5.74, 6) is -0.448. The van der Waals surface area contributed by atoms with E-state index in [0.29, 0.717) is 5.69 Å². The number of nitrogens with zero attached hydrogens (tertiary/aromatic N) is 1. The Morgan fingerprint density at radius 1 is 0.913 bits per heavy atom. The van der Waals surface area contributed by atoms with Gasteiger partial charge in [-0.05, 0) is 49.2 Å². The number of hydrogen-bond acceptors (Lipinski definition) is 3. The van der Waals surface area contributed by atoms with Crippen molar-refractivity contribution in [3.05, 3.63) is 54.3 Å². The minimum absolute atomic E-state index is 0.110. The molecule has 0 aliphatic carbocycles. The van der Waals surface area contributed by atoms with Crippen molar-refractivity contribution in [1.82, 2.24) is 0 Å². The number of para-hydroxylation sites is 1. The number of sulfone groups is 1. The van der Waals surface area contributed by atoms with Gasteiger partial charge >= 0.3 is 0 Å². The number of rotatable bonds is 7. The Morgan fingerprint density at radius 2 is 1.48 bits per heavy atom. The summed E-state index contributed by atoms with van der Waals surface area (Å²) >= 11 is 0. The van der Waals surface area contributed by atoms with E-state index in [1.165, 1.54) is 24.3 Å². The highest BCUT2D eigenvalue weighted by atomic mass is 32.2. The maximum atomic E-state index is 13.1. The molecule has 0 N–H and O–H groups in total. The zero-order valence-corrected chi connectivity index (χ0v) is 14.3. The Bertz CT molecular complexity index is 736. The normalized spacial score (nSPS) is 11.4. The lowest BCUT2D eigenvalue weighted by molar-refractivity contribution is 0.594. The Kier molecular flexibility index (Phi) is 5.77. The lowest BCUT2D eigenvalue weighted by atomic mass is 10.2. The SMILES string of the molecule is CCCN(CCC)c1ccccc1S(=O)(=O)c1ccc(F)cc1. The number of anilines is 1. The van der Waals surface area contributed by atoms with Gasteiger partial charge in [-0.2, -0.15) is 0 Å². The van der Waals surface area contributed by atoms with Crippen LogP contribution in [0.4, 0.5) is 10.1 Å². The van der Waals surface area contributed by atoms with E-state index in [1.807, 2.05) is 12.1 Å². The molecule has 0 aliphatic heterocycles. The summed E-state index contributed by atoms with van der Waals surface area (Å²) < 4.78 is 38.9. The van der Waals surface area contributed by atoms with E-state index in [-0.39, 0.29) is 9.79 Å². The fourth-order valence-corrected chi connectivity index (χ4v) is 4.06. The van der Waals surface area contributed by atoms with Crippen molar-refractivity contribution in [2.75, 3.05) is 18.0 Å². The van der Waals surface area contributed by atoms with Crippen LogP contribution in [0.15, 0.2) is 58.3 Å². The maximum Gasteiger partial charge on any atom is 0.208 e. The number of benzene rings is 2. The molecule has 3 nitrogen and oxygen atoms in total. The minimum Gasteiger partial charge on any atom is -0.370 e. The quantitative estimate of drug-likeness (QED) is 0.709. The van der Waals surface area contributed by atoms with Gasteiger partial charge in [0.1, 0.15) is 5.82 Å². The fourth-order valence-electron chi connectivity index (χ4n) is 2.58. The van der Waals surface area contributed by atoms with Gasteiger partial charge in [-0.1, -0.05) is 26.0 Å². The molecule has 0 spiro atoms. The van der Waals surface area contributed by atoms with E-state index in [9.17, 15) is 12.8 Å². The van der Waals surface area contributed by atoms with Crippen LogP contribution in [-0.4, -0.2) is 21.5 Å². The first-order valence-electron chi connectivity index (χ1n) is 7.85. The van der Waals surface area contributed by atoms with Crippen LogP contribution in [0.1, 0.15) is 26.7 Å². The van der Waals surface area contributed by atoms with Crippen LogP contribution in [0.2, 0.25) is 0 Å². The number of halogens is 1. The van der Waals surface area contributed by atoms with Crippen LogP contribution in [0.25, 0.3) is 0 Å². The molecule has 0 aromatic heterocycles. The molecule has 0 fully saturated rings. The van der Waals surface area contributed by atoms with E-state index in [1.54, 1.807) is 12.1 Å². The summed E-state index contributed by atoms with van der Waals surface area (Å²) in [4.78, 5) is 2.48. The van der Waals surface area contributed by atoms with E-state index < -0.39 is 15.7 Å². The van der Waals surface area contributed by atoms with Gasteiger partial charge in [0, 0.05) is 13.1 Å². The van der Waals surface area contributed by atoms with Gasteiger partial charge in [-0.25, -0.2) is 12.8 Å². The van der Waals surface area contributed by atoms with Crippen molar-refractivity contribution in [2.24, 2.45) is 0 Å². The molecule has 0 radical (unpaired) electrons. The molecule has 0 amide bonds. The van der Waals surface area contributed by atoms with Crippen molar-refractivity contribution in [3.8, 4) is 0 Å². The van der Waals surface area contributed by atoms with Gasteiger partial charge < -0.3 is 4.90 Å². The van der Waals surface area contributed by atoms with Gasteiger partial charge in [0.15, 0.2) is 0 Å². The summed E-state index contributed by atoms with van der Waals surface area (Å²) in [6, 6.07) is 12.0. The van der Waals surface area contributed by atoms with Crippen molar-refractivity contribution >= 4 is 15.5 Å². The van der Waals surface area contributed by atoms with Gasteiger partial charge in [0.25, 0.3) is 0 Å². The molecule has 2 aromatic carbocycles. The van der Waals surface area contributed by atoms with E-state index in [0.717, 1.165) is 25.9 Å². The van der Waals surface area contributed by atoms with Crippen LogP contribution in [-0.2, 0) is 9.84 Å². The molecule has 2 rings (SSSR count). The minimum atomic E-state index is -3.68. The summed E-state index contributed by atoms with van der Waals surface area (Å²) in [5, 5.41) is 0. The smallest absolute Gasteiger partial charge is 0.208 e. The van der Waals surface area contributed by atoms with Crippen LogP contribution in [0, 0.1) is 5.82 Å². The lowest BCUT2D eigenvalue weighted by Crippen LogP contribution is -2.26. The third-order valence-corrected chi connectivity index (χ3v) is 5.42. The van der Waals surface area contributed by atoms with Crippen LogP contribution < -0.4 is 4.90 Å². The highest BCUT2D eigenvalue weighted by molar-refractivity contribution is 7.91. The van der Waals surface area contributed by atoms with Crippen molar-refractivity contribution in [2.45, 2.75) is 36.5 Å². The maximum absolute atomic E-state index is 13.1. The first-order valence-corrected chi connectivity index (χ1v) is 9.33. The second kappa shape index (κ2) is 7.59. The molecule has 0 saturated carbocycles. The third-order valence-electron chi connectivity index (χ3n) is 3.61. The second-order valence-electron chi connectivity index (χ2n) is 5.41. The molecule has 23 heavy (non-hydrogen) atoms. The topological polar surface area (TPSA) is 37.4 Å². The van der Waals surface area contributed by atoms with Crippen molar-refractivity contribution in [3.63, 3.8) is 0 Å². The first kappa shape index (κ1) is 17.5. The zero-order valence-electron chi connectivity index (χ0n) is 13.5. The van der Waals surface area contributed by atoms with E-state index in [2.05, 4.69) is 18.7 Å². The highest BCUT2D eigenvalue weighted by Crippen LogP contribution is 2.30. The van der Waals surface area contributed by atoms with Gasteiger partial charge in [0.2, 0.25) is 9.84 Å². The number of hydrogen-bond donors (Lipinski definition) is 0. The Hall–Kier alpha value is -1.88. The molecule has 0 unspecified atom stereocenters. The van der Waals surface area contributed by atoms with Gasteiger partial charge in [0.05, 0.1) is 15.5 Å². The van der Waals surface area contributed by atoms with Crippen LogP contribution in [0.3, 0.4) is 0 Å². The predicted octanol–water partition coefficient (Wildman–Crippen LogP) is 4.28. The van der Waals surface area contributed by atoms with Crippen molar-refractivity contribution in [1.29, 1.82) is 0 Å². The molecule has 0 bridgehead atoms.